The molecule has 4 heteroatoms. The van der Waals surface area contributed by atoms with Gasteiger partial charge in [0.15, 0.2) is 0 Å². The van der Waals surface area contributed by atoms with Crippen molar-refractivity contribution >= 4 is 34.4 Å². The van der Waals surface area contributed by atoms with Crippen LogP contribution in [0.4, 0.5) is 5.69 Å². The Morgan fingerprint density at radius 1 is 1.04 bits per heavy atom. The van der Waals surface area contributed by atoms with Crippen LogP contribution in [0.5, 0.6) is 0 Å². The zero-order valence-corrected chi connectivity index (χ0v) is 15.2. The van der Waals surface area contributed by atoms with Gasteiger partial charge >= 0.3 is 0 Å². The molecule has 2 aromatic carbocycles. The van der Waals surface area contributed by atoms with Gasteiger partial charge in [-0.15, -0.1) is 11.3 Å². The largest absolute Gasteiger partial charge is 0.366 e. The first-order chi connectivity index (χ1) is 12.1. The average molecular weight is 366 g/mol. The molecule has 3 rings (SSSR count). The van der Waals surface area contributed by atoms with E-state index in [1.807, 2.05) is 73.0 Å². The van der Waals surface area contributed by atoms with Crippen LogP contribution in [-0.4, -0.2) is 5.78 Å². The molecule has 1 aromatic heterocycles. The SMILES string of the molecule is CC(C#CC(=O)c1cccs1)(Nc1ccc(Cl)cc1)c1ccccc1. The molecular formula is C21H16ClNOS. The Hall–Kier alpha value is -2.54. The van der Waals surface area contributed by atoms with E-state index < -0.39 is 5.54 Å². The lowest BCUT2D eigenvalue weighted by Crippen LogP contribution is -2.30. The predicted molar refractivity (Wildman–Crippen MR) is 105 cm³/mol. The molecule has 1 N–H and O–H groups in total. The van der Waals surface area contributed by atoms with Crippen LogP contribution in [0, 0.1) is 11.8 Å². The van der Waals surface area contributed by atoms with Crippen molar-refractivity contribution in [1.82, 2.24) is 0 Å². The summed E-state index contributed by atoms with van der Waals surface area (Å²) in [7, 11) is 0. The molecule has 0 fully saturated rings. The third-order valence-electron chi connectivity index (χ3n) is 3.76. The summed E-state index contributed by atoms with van der Waals surface area (Å²) in [6.45, 7) is 1.96. The maximum atomic E-state index is 12.3. The Kier molecular flexibility index (Phi) is 5.23. The van der Waals surface area contributed by atoms with Crippen LogP contribution in [0.3, 0.4) is 0 Å². The highest BCUT2D eigenvalue weighted by Crippen LogP contribution is 2.26. The highest BCUT2D eigenvalue weighted by molar-refractivity contribution is 7.12. The number of nitrogens with one attached hydrogen (secondary N) is 1. The summed E-state index contributed by atoms with van der Waals surface area (Å²) >= 11 is 7.36. The number of carbonyl (C=O) groups excluding carboxylic acids is 1. The van der Waals surface area contributed by atoms with Crippen molar-refractivity contribution in [2.75, 3.05) is 5.32 Å². The van der Waals surface area contributed by atoms with Crippen LogP contribution in [-0.2, 0) is 5.54 Å². The van der Waals surface area contributed by atoms with E-state index in [0.29, 0.717) is 9.90 Å². The highest BCUT2D eigenvalue weighted by atomic mass is 35.5. The molecule has 0 amide bonds. The van der Waals surface area contributed by atoms with Gasteiger partial charge in [0.05, 0.1) is 4.88 Å². The summed E-state index contributed by atoms with van der Waals surface area (Å²) in [5.41, 5.74) is 1.16. The van der Waals surface area contributed by atoms with E-state index in [-0.39, 0.29) is 5.78 Å². The summed E-state index contributed by atoms with van der Waals surface area (Å²) in [6, 6.07) is 20.9. The van der Waals surface area contributed by atoms with Crippen molar-refractivity contribution in [2.45, 2.75) is 12.5 Å². The number of carbonyl (C=O) groups is 1. The number of Topliss-reactive ketones (excluding diaryl/α,β-unsaturated/α-hetero) is 1. The minimum Gasteiger partial charge on any atom is -0.366 e. The number of hydrogen-bond acceptors (Lipinski definition) is 3. The average Bonchev–Trinajstić information content (AvgIpc) is 3.17. The first-order valence-corrected chi connectivity index (χ1v) is 9.03. The minimum atomic E-state index is -0.706. The molecule has 0 aliphatic heterocycles. The van der Waals surface area contributed by atoms with Gasteiger partial charge < -0.3 is 5.32 Å². The second-order valence-electron chi connectivity index (χ2n) is 5.68. The second kappa shape index (κ2) is 7.57. The van der Waals surface area contributed by atoms with Gasteiger partial charge in [0.2, 0.25) is 5.78 Å². The molecular weight excluding hydrogens is 350 g/mol. The quantitative estimate of drug-likeness (QED) is 0.369. The Bertz CT molecular complexity index is 908. The molecule has 1 atom stereocenters. The molecule has 0 saturated heterocycles. The highest BCUT2D eigenvalue weighted by Gasteiger charge is 2.24. The van der Waals surface area contributed by atoms with Gasteiger partial charge in [-0.3, -0.25) is 4.79 Å². The first kappa shape index (κ1) is 17.3. The number of benzene rings is 2. The van der Waals surface area contributed by atoms with Gasteiger partial charge in [0, 0.05) is 10.7 Å². The number of halogens is 1. The zero-order chi connectivity index (χ0) is 17.7. The van der Waals surface area contributed by atoms with Crippen molar-refractivity contribution < 1.29 is 4.79 Å². The van der Waals surface area contributed by atoms with Gasteiger partial charge in [-0.2, -0.15) is 0 Å². The van der Waals surface area contributed by atoms with E-state index in [0.717, 1.165) is 11.3 Å². The van der Waals surface area contributed by atoms with Crippen LogP contribution < -0.4 is 5.32 Å². The van der Waals surface area contributed by atoms with E-state index in [4.69, 9.17) is 11.6 Å². The van der Waals surface area contributed by atoms with Crippen LogP contribution in [0.2, 0.25) is 5.02 Å². The fourth-order valence-corrected chi connectivity index (χ4v) is 3.17. The minimum absolute atomic E-state index is 0.171. The van der Waals surface area contributed by atoms with E-state index in [9.17, 15) is 4.79 Å². The molecule has 0 bridgehead atoms. The molecule has 1 unspecified atom stereocenters. The molecule has 0 aliphatic rings. The molecule has 3 aromatic rings. The van der Waals surface area contributed by atoms with Gasteiger partial charge in [-0.05, 0) is 54.1 Å². The van der Waals surface area contributed by atoms with Crippen molar-refractivity contribution in [2.24, 2.45) is 0 Å². The van der Waals surface area contributed by atoms with Crippen LogP contribution in [0.25, 0.3) is 0 Å². The summed E-state index contributed by atoms with van der Waals surface area (Å²) in [5.74, 6) is 5.74. The lowest BCUT2D eigenvalue weighted by Gasteiger charge is -2.27. The maximum Gasteiger partial charge on any atom is 0.245 e. The molecule has 25 heavy (non-hydrogen) atoms. The van der Waals surface area contributed by atoms with E-state index in [1.54, 1.807) is 6.07 Å². The third-order valence-corrected chi connectivity index (χ3v) is 4.88. The standard InChI is InChI=1S/C21H16ClNOS/c1-21(16-6-3-2-4-7-16,23-18-11-9-17(22)10-12-18)14-13-19(24)20-8-5-15-25-20/h2-12,15,23H,1H3. The molecule has 1 heterocycles. The molecule has 124 valence electrons. The fourth-order valence-electron chi connectivity index (χ4n) is 2.42. The number of thiophene rings is 1. The normalized spacial score (nSPS) is 12.6. The summed E-state index contributed by atoms with van der Waals surface area (Å²) in [4.78, 5) is 12.9. The summed E-state index contributed by atoms with van der Waals surface area (Å²) in [6.07, 6.45) is 0. The molecule has 0 aliphatic carbocycles. The van der Waals surface area contributed by atoms with Crippen molar-refractivity contribution in [3.63, 3.8) is 0 Å². The third kappa shape index (κ3) is 4.30. The second-order valence-corrected chi connectivity index (χ2v) is 7.06. The fraction of sp³-hybridized carbons (Fsp3) is 0.0952. The molecule has 2 nitrogen and oxygen atoms in total. The van der Waals surface area contributed by atoms with Gasteiger partial charge in [0.1, 0.15) is 5.54 Å². The molecule has 0 radical (unpaired) electrons. The van der Waals surface area contributed by atoms with Crippen molar-refractivity contribution in [1.29, 1.82) is 0 Å². The monoisotopic (exact) mass is 365 g/mol. The Morgan fingerprint density at radius 3 is 2.40 bits per heavy atom. The smallest absolute Gasteiger partial charge is 0.245 e. The van der Waals surface area contributed by atoms with Crippen LogP contribution in [0.15, 0.2) is 72.1 Å². The topological polar surface area (TPSA) is 29.1 Å². The number of rotatable bonds is 4. The molecule has 0 spiro atoms. The van der Waals surface area contributed by atoms with Crippen LogP contribution >= 0.6 is 22.9 Å². The first-order valence-electron chi connectivity index (χ1n) is 7.77. The Labute approximate surface area is 156 Å². The van der Waals surface area contributed by atoms with E-state index >= 15 is 0 Å². The van der Waals surface area contributed by atoms with E-state index in [1.165, 1.54) is 11.3 Å². The van der Waals surface area contributed by atoms with Gasteiger partial charge in [0.25, 0.3) is 0 Å². The maximum absolute atomic E-state index is 12.3. The number of ketones is 1. The zero-order valence-electron chi connectivity index (χ0n) is 13.6. The number of hydrogen-bond donors (Lipinski definition) is 1. The Balaban J connectivity index is 1.95. The summed E-state index contributed by atoms with van der Waals surface area (Å²) in [5, 5.41) is 5.96. The lowest BCUT2D eigenvalue weighted by atomic mass is 9.92. The van der Waals surface area contributed by atoms with Crippen LogP contribution in [0.1, 0.15) is 22.2 Å². The van der Waals surface area contributed by atoms with E-state index in [2.05, 4.69) is 17.2 Å². The van der Waals surface area contributed by atoms with Gasteiger partial charge in [-0.1, -0.05) is 53.9 Å². The van der Waals surface area contributed by atoms with Crippen molar-refractivity contribution in [3.05, 3.63) is 87.6 Å². The van der Waals surface area contributed by atoms with Crippen molar-refractivity contribution in [3.8, 4) is 11.8 Å². The number of anilines is 1. The summed E-state index contributed by atoms with van der Waals surface area (Å²) < 4.78 is 0. The lowest BCUT2D eigenvalue weighted by molar-refractivity contribution is 0.106. The predicted octanol–water partition coefficient (Wildman–Crippen LogP) is 5.62. The molecule has 0 saturated carbocycles. The van der Waals surface area contributed by atoms with Gasteiger partial charge in [-0.25, -0.2) is 0 Å². The Morgan fingerprint density at radius 2 is 1.76 bits per heavy atom.